The number of carbonyl (C=O) groups is 1. The van der Waals surface area contributed by atoms with E-state index in [0.717, 1.165) is 12.5 Å². The molecule has 0 N–H and O–H groups in total. The second-order valence-corrected chi connectivity index (χ2v) is 3.48. The molecule has 3 nitrogen and oxygen atoms in total. The first-order valence-electron chi connectivity index (χ1n) is 3.99. The fourth-order valence-corrected chi connectivity index (χ4v) is 1.23. The minimum atomic E-state index is -0.482. The molecule has 1 aliphatic carbocycles. The van der Waals surface area contributed by atoms with Crippen molar-refractivity contribution >= 4 is 16.8 Å². The van der Waals surface area contributed by atoms with Crippen LogP contribution in [0.1, 0.15) is 23.3 Å². The van der Waals surface area contributed by atoms with E-state index >= 15 is 0 Å². The van der Waals surface area contributed by atoms with Crippen LogP contribution < -0.4 is 0 Å². The van der Waals surface area contributed by atoms with Crippen molar-refractivity contribution in [2.45, 2.75) is 19.4 Å². The Balaban J connectivity index is 2.06. The second-order valence-electron chi connectivity index (χ2n) is 3.14. The number of hydrogen-bond acceptors (Lipinski definition) is 2. The van der Waals surface area contributed by atoms with Crippen molar-refractivity contribution in [3.8, 4) is 0 Å². The Hall–Kier alpha value is -0.830. The number of carbonyl (C=O) groups excluding carboxylic acids is 1. The molecule has 64 valence electrons. The van der Waals surface area contributed by atoms with Crippen molar-refractivity contribution in [1.29, 1.82) is 0 Å². The summed E-state index contributed by atoms with van der Waals surface area (Å²) in [6.07, 6.45) is 4.36. The average molecular weight is 185 g/mol. The fourth-order valence-electron chi connectivity index (χ4n) is 1.13. The van der Waals surface area contributed by atoms with Crippen molar-refractivity contribution in [3.05, 3.63) is 18.0 Å². The van der Waals surface area contributed by atoms with Crippen LogP contribution in [0.2, 0.25) is 0 Å². The summed E-state index contributed by atoms with van der Waals surface area (Å²) in [6, 6.07) is 1.65. The molecule has 0 atom stereocenters. The Labute approximate surface area is 75.3 Å². The molecule has 0 radical (unpaired) electrons. The van der Waals surface area contributed by atoms with Crippen molar-refractivity contribution < 1.29 is 4.79 Å². The van der Waals surface area contributed by atoms with Gasteiger partial charge in [-0.15, -0.1) is 0 Å². The van der Waals surface area contributed by atoms with E-state index in [2.05, 4.69) is 5.10 Å². The zero-order valence-electron chi connectivity index (χ0n) is 6.53. The third-order valence-corrected chi connectivity index (χ3v) is 2.18. The molecule has 4 heteroatoms. The molecule has 0 amide bonds. The lowest BCUT2D eigenvalue weighted by Crippen LogP contribution is -2.01. The van der Waals surface area contributed by atoms with Gasteiger partial charge in [0.05, 0.1) is 0 Å². The molecule has 0 unspecified atom stereocenters. The molecule has 1 aromatic heterocycles. The quantitative estimate of drug-likeness (QED) is 0.670. The van der Waals surface area contributed by atoms with Crippen LogP contribution in [0, 0.1) is 5.92 Å². The number of halogens is 1. The van der Waals surface area contributed by atoms with Gasteiger partial charge in [-0.05, 0) is 36.4 Å². The van der Waals surface area contributed by atoms with Gasteiger partial charge in [-0.2, -0.15) is 5.10 Å². The maximum Gasteiger partial charge on any atom is 0.272 e. The molecule has 0 bridgehead atoms. The predicted molar refractivity (Wildman–Crippen MR) is 45.1 cm³/mol. The van der Waals surface area contributed by atoms with Crippen LogP contribution in [0.4, 0.5) is 0 Å². The first-order valence-corrected chi connectivity index (χ1v) is 4.37. The Bertz CT molecular complexity index is 304. The van der Waals surface area contributed by atoms with Crippen molar-refractivity contribution in [2.24, 2.45) is 5.92 Å². The Morgan fingerprint density at radius 1 is 1.75 bits per heavy atom. The van der Waals surface area contributed by atoms with Gasteiger partial charge in [0.1, 0.15) is 5.69 Å². The van der Waals surface area contributed by atoms with E-state index in [9.17, 15) is 4.79 Å². The molecule has 1 fully saturated rings. The molecule has 1 aliphatic rings. The Kier molecular flexibility index (Phi) is 1.89. The normalized spacial score (nSPS) is 16.4. The number of rotatable bonds is 3. The number of hydrogen-bond donors (Lipinski definition) is 0. The lowest BCUT2D eigenvalue weighted by molar-refractivity contribution is 0.107. The van der Waals surface area contributed by atoms with Crippen LogP contribution in [0.25, 0.3) is 0 Å². The summed E-state index contributed by atoms with van der Waals surface area (Å²) < 4.78 is 1.78. The number of aromatic nitrogens is 2. The highest BCUT2D eigenvalue weighted by atomic mass is 35.5. The van der Waals surface area contributed by atoms with Gasteiger partial charge in [0.2, 0.25) is 0 Å². The zero-order chi connectivity index (χ0) is 8.55. The van der Waals surface area contributed by atoms with Crippen LogP contribution in [0.5, 0.6) is 0 Å². The average Bonchev–Trinajstić information content (AvgIpc) is 2.66. The van der Waals surface area contributed by atoms with Gasteiger partial charge in [-0.1, -0.05) is 0 Å². The maximum atomic E-state index is 10.6. The third kappa shape index (κ3) is 1.67. The highest BCUT2D eigenvalue weighted by Crippen LogP contribution is 2.30. The second kappa shape index (κ2) is 2.90. The standard InChI is InChI=1S/C8H9ClN2O/c9-8(12)7-3-4-11(10-7)5-6-1-2-6/h3-4,6H,1-2,5H2. The maximum absolute atomic E-state index is 10.6. The van der Waals surface area contributed by atoms with Gasteiger partial charge in [-0.3, -0.25) is 9.48 Å². The molecule has 1 aromatic rings. The molecule has 0 spiro atoms. The minimum absolute atomic E-state index is 0.345. The summed E-state index contributed by atoms with van der Waals surface area (Å²) in [6.45, 7) is 0.921. The fraction of sp³-hybridized carbons (Fsp3) is 0.500. The molecule has 1 heterocycles. The molecule has 12 heavy (non-hydrogen) atoms. The van der Waals surface area contributed by atoms with Crippen LogP contribution in [-0.2, 0) is 6.54 Å². The van der Waals surface area contributed by atoms with Gasteiger partial charge in [0.25, 0.3) is 5.24 Å². The van der Waals surface area contributed by atoms with Crippen molar-refractivity contribution in [2.75, 3.05) is 0 Å². The van der Waals surface area contributed by atoms with E-state index in [1.165, 1.54) is 12.8 Å². The van der Waals surface area contributed by atoms with Crippen molar-refractivity contribution in [1.82, 2.24) is 9.78 Å². The summed E-state index contributed by atoms with van der Waals surface area (Å²) in [7, 11) is 0. The third-order valence-electron chi connectivity index (χ3n) is 1.98. The first kappa shape index (κ1) is 7.80. The monoisotopic (exact) mass is 184 g/mol. The zero-order valence-corrected chi connectivity index (χ0v) is 7.29. The topological polar surface area (TPSA) is 34.9 Å². The van der Waals surface area contributed by atoms with Gasteiger partial charge in [-0.25, -0.2) is 0 Å². The highest BCUT2D eigenvalue weighted by Gasteiger charge is 2.22. The van der Waals surface area contributed by atoms with Gasteiger partial charge < -0.3 is 0 Å². The number of nitrogens with zero attached hydrogens (tertiary/aromatic N) is 2. The van der Waals surface area contributed by atoms with E-state index in [1.807, 2.05) is 0 Å². The summed E-state index contributed by atoms with van der Waals surface area (Å²) >= 11 is 5.25. The van der Waals surface area contributed by atoms with E-state index < -0.39 is 5.24 Å². The van der Waals surface area contributed by atoms with E-state index in [0.29, 0.717) is 5.69 Å². The Morgan fingerprint density at radius 3 is 3.00 bits per heavy atom. The lowest BCUT2D eigenvalue weighted by Gasteiger charge is -1.95. The van der Waals surface area contributed by atoms with Gasteiger partial charge >= 0.3 is 0 Å². The van der Waals surface area contributed by atoms with Crippen LogP contribution >= 0.6 is 11.6 Å². The molecule has 0 saturated heterocycles. The summed E-state index contributed by atoms with van der Waals surface area (Å²) in [5.41, 5.74) is 0.345. The predicted octanol–water partition coefficient (Wildman–Crippen LogP) is 1.67. The van der Waals surface area contributed by atoms with Gasteiger partial charge in [0, 0.05) is 12.7 Å². The lowest BCUT2D eigenvalue weighted by atomic mass is 10.4. The first-order chi connectivity index (χ1) is 5.75. The van der Waals surface area contributed by atoms with Crippen LogP contribution in [-0.4, -0.2) is 15.0 Å². The Morgan fingerprint density at radius 2 is 2.50 bits per heavy atom. The largest absolute Gasteiger partial charge is 0.274 e. The molecular weight excluding hydrogens is 176 g/mol. The highest BCUT2D eigenvalue weighted by molar-refractivity contribution is 6.67. The van der Waals surface area contributed by atoms with E-state index in [4.69, 9.17) is 11.6 Å². The van der Waals surface area contributed by atoms with Crippen LogP contribution in [0.3, 0.4) is 0 Å². The molecule has 2 rings (SSSR count). The SMILES string of the molecule is O=C(Cl)c1ccn(CC2CC2)n1. The molecule has 0 aliphatic heterocycles. The molecular formula is C8H9ClN2O. The van der Waals surface area contributed by atoms with Gasteiger partial charge in [0.15, 0.2) is 0 Å². The van der Waals surface area contributed by atoms with Crippen LogP contribution in [0.15, 0.2) is 12.3 Å². The minimum Gasteiger partial charge on any atom is -0.274 e. The van der Waals surface area contributed by atoms with E-state index in [1.54, 1.807) is 16.9 Å². The summed E-state index contributed by atoms with van der Waals surface area (Å²) in [5.74, 6) is 0.767. The summed E-state index contributed by atoms with van der Waals surface area (Å²) in [4.78, 5) is 10.6. The van der Waals surface area contributed by atoms with Crippen molar-refractivity contribution in [3.63, 3.8) is 0 Å². The molecule has 1 saturated carbocycles. The van der Waals surface area contributed by atoms with E-state index in [-0.39, 0.29) is 0 Å². The summed E-state index contributed by atoms with van der Waals surface area (Å²) in [5, 5.41) is 3.54. The molecule has 0 aromatic carbocycles. The smallest absolute Gasteiger partial charge is 0.272 e.